The van der Waals surface area contributed by atoms with E-state index in [1.165, 1.54) is 11.3 Å². The number of hydrogen-bond acceptors (Lipinski definition) is 2. The molecule has 0 saturated heterocycles. The topological polar surface area (TPSA) is 20.3 Å². The molecule has 0 unspecified atom stereocenters. The summed E-state index contributed by atoms with van der Waals surface area (Å²) < 4.78 is 0. The molecular formula is C10H14ClNOS. The molecule has 1 amide bonds. The fourth-order valence-electron chi connectivity index (χ4n) is 1.12. The standard InChI is InChI=1S/C10H14ClNOS/c1-3-4-6-12(2)10(13)9-8(11)5-7-14-9/h5,7H,3-4,6H2,1-2H3. The van der Waals surface area contributed by atoms with Gasteiger partial charge in [0.2, 0.25) is 0 Å². The number of amides is 1. The van der Waals surface area contributed by atoms with Gasteiger partial charge in [-0.25, -0.2) is 0 Å². The summed E-state index contributed by atoms with van der Waals surface area (Å²) in [5.41, 5.74) is 0. The Hall–Kier alpha value is -0.540. The zero-order chi connectivity index (χ0) is 10.6. The number of carbonyl (C=O) groups excluding carboxylic acids is 1. The van der Waals surface area contributed by atoms with Gasteiger partial charge in [-0.1, -0.05) is 24.9 Å². The fourth-order valence-corrected chi connectivity index (χ4v) is 2.25. The maximum Gasteiger partial charge on any atom is 0.265 e. The predicted octanol–water partition coefficient (Wildman–Crippen LogP) is 3.27. The lowest BCUT2D eigenvalue weighted by molar-refractivity contribution is 0.0798. The Labute approximate surface area is 93.5 Å². The maximum atomic E-state index is 11.8. The van der Waals surface area contributed by atoms with Gasteiger partial charge < -0.3 is 4.90 Å². The van der Waals surface area contributed by atoms with Gasteiger partial charge in [-0.2, -0.15) is 0 Å². The zero-order valence-corrected chi connectivity index (χ0v) is 9.99. The van der Waals surface area contributed by atoms with Crippen LogP contribution < -0.4 is 0 Å². The fraction of sp³-hybridized carbons (Fsp3) is 0.500. The van der Waals surface area contributed by atoms with Crippen molar-refractivity contribution in [3.8, 4) is 0 Å². The van der Waals surface area contributed by atoms with Crippen LogP contribution in [0, 0.1) is 0 Å². The molecule has 0 bridgehead atoms. The van der Waals surface area contributed by atoms with Crippen molar-refractivity contribution < 1.29 is 4.79 Å². The second-order valence-corrected chi connectivity index (χ2v) is 4.50. The highest BCUT2D eigenvalue weighted by Gasteiger charge is 2.15. The number of carbonyl (C=O) groups is 1. The molecule has 1 heterocycles. The lowest BCUT2D eigenvalue weighted by Gasteiger charge is -2.15. The van der Waals surface area contributed by atoms with Crippen molar-refractivity contribution in [3.05, 3.63) is 21.3 Å². The van der Waals surface area contributed by atoms with Gasteiger partial charge in [0.15, 0.2) is 0 Å². The van der Waals surface area contributed by atoms with Crippen LogP contribution in [-0.2, 0) is 0 Å². The van der Waals surface area contributed by atoms with Gasteiger partial charge in [0.05, 0.1) is 5.02 Å². The summed E-state index contributed by atoms with van der Waals surface area (Å²) >= 11 is 7.27. The van der Waals surface area contributed by atoms with Gasteiger partial charge >= 0.3 is 0 Å². The van der Waals surface area contributed by atoms with Crippen LogP contribution in [0.25, 0.3) is 0 Å². The summed E-state index contributed by atoms with van der Waals surface area (Å²) in [6.07, 6.45) is 2.13. The van der Waals surface area contributed by atoms with Crippen LogP contribution in [-0.4, -0.2) is 24.4 Å². The van der Waals surface area contributed by atoms with E-state index < -0.39 is 0 Å². The second-order valence-electron chi connectivity index (χ2n) is 3.18. The first kappa shape index (κ1) is 11.5. The van der Waals surface area contributed by atoms with Crippen LogP contribution in [0.15, 0.2) is 11.4 Å². The smallest absolute Gasteiger partial charge is 0.265 e. The van der Waals surface area contributed by atoms with Crippen molar-refractivity contribution in [2.45, 2.75) is 19.8 Å². The van der Waals surface area contributed by atoms with Crippen LogP contribution in [0.2, 0.25) is 5.02 Å². The van der Waals surface area contributed by atoms with Crippen molar-refractivity contribution in [1.82, 2.24) is 4.90 Å². The van der Waals surface area contributed by atoms with Gasteiger partial charge in [0, 0.05) is 13.6 Å². The number of hydrogen-bond donors (Lipinski definition) is 0. The summed E-state index contributed by atoms with van der Waals surface area (Å²) in [6.45, 7) is 2.90. The first-order valence-electron chi connectivity index (χ1n) is 4.65. The van der Waals surface area contributed by atoms with Gasteiger partial charge in [-0.15, -0.1) is 11.3 Å². The summed E-state index contributed by atoms with van der Waals surface area (Å²) in [5.74, 6) is 0.0263. The molecule has 1 aromatic rings. The Bertz CT molecular complexity index is 311. The quantitative estimate of drug-likeness (QED) is 0.779. The van der Waals surface area contributed by atoms with E-state index in [0.29, 0.717) is 9.90 Å². The molecule has 0 fully saturated rings. The Morgan fingerprint density at radius 3 is 2.86 bits per heavy atom. The van der Waals surface area contributed by atoms with E-state index in [0.717, 1.165) is 19.4 Å². The molecule has 0 atom stereocenters. The monoisotopic (exact) mass is 231 g/mol. The molecule has 4 heteroatoms. The molecule has 0 saturated carbocycles. The Morgan fingerprint density at radius 2 is 2.36 bits per heavy atom. The van der Waals surface area contributed by atoms with Gasteiger partial charge in [0.1, 0.15) is 4.88 Å². The predicted molar refractivity (Wildman–Crippen MR) is 61.2 cm³/mol. The molecule has 14 heavy (non-hydrogen) atoms. The zero-order valence-electron chi connectivity index (χ0n) is 8.42. The van der Waals surface area contributed by atoms with Crippen LogP contribution in [0.1, 0.15) is 29.4 Å². The van der Waals surface area contributed by atoms with Crippen LogP contribution in [0.3, 0.4) is 0 Å². The average Bonchev–Trinajstić information content (AvgIpc) is 2.59. The average molecular weight is 232 g/mol. The Morgan fingerprint density at radius 1 is 1.64 bits per heavy atom. The number of thiophene rings is 1. The molecule has 1 aromatic heterocycles. The first-order valence-corrected chi connectivity index (χ1v) is 5.91. The number of nitrogens with zero attached hydrogens (tertiary/aromatic N) is 1. The third-order valence-corrected chi connectivity index (χ3v) is 3.33. The van der Waals surface area contributed by atoms with E-state index >= 15 is 0 Å². The summed E-state index contributed by atoms with van der Waals surface area (Å²) in [6, 6.07) is 1.76. The van der Waals surface area contributed by atoms with E-state index in [1.54, 1.807) is 11.0 Å². The van der Waals surface area contributed by atoms with Crippen molar-refractivity contribution in [1.29, 1.82) is 0 Å². The molecular weight excluding hydrogens is 218 g/mol. The minimum Gasteiger partial charge on any atom is -0.341 e. The minimum atomic E-state index is 0.0263. The first-order chi connectivity index (χ1) is 6.66. The normalized spacial score (nSPS) is 10.2. The number of halogens is 1. The lowest BCUT2D eigenvalue weighted by atomic mass is 10.3. The van der Waals surface area contributed by atoms with Crippen LogP contribution in [0.4, 0.5) is 0 Å². The highest BCUT2D eigenvalue weighted by molar-refractivity contribution is 7.12. The minimum absolute atomic E-state index is 0.0263. The molecule has 0 aliphatic rings. The van der Waals surface area contributed by atoms with Crippen LogP contribution in [0.5, 0.6) is 0 Å². The SMILES string of the molecule is CCCCN(C)C(=O)c1sccc1Cl. The highest BCUT2D eigenvalue weighted by Crippen LogP contribution is 2.23. The van der Waals surface area contributed by atoms with Crippen LogP contribution >= 0.6 is 22.9 Å². The summed E-state index contributed by atoms with van der Waals surface area (Å²) in [4.78, 5) is 14.2. The van der Waals surface area contributed by atoms with E-state index in [9.17, 15) is 4.79 Å². The third kappa shape index (κ3) is 2.72. The molecule has 0 radical (unpaired) electrons. The highest BCUT2D eigenvalue weighted by atomic mass is 35.5. The summed E-state index contributed by atoms with van der Waals surface area (Å²) in [7, 11) is 1.81. The molecule has 0 aliphatic heterocycles. The second kappa shape index (κ2) is 5.37. The molecule has 2 nitrogen and oxygen atoms in total. The van der Waals surface area contributed by atoms with Crippen molar-refractivity contribution in [2.75, 3.05) is 13.6 Å². The van der Waals surface area contributed by atoms with E-state index in [1.807, 2.05) is 12.4 Å². The number of unbranched alkanes of at least 4 members (excludes halogenated alkanes) is 1. The molecule has 78 valence electrons. The van der Waals surface area contributed by atoms with Crippen molar-refractivity contribution in [2.24, 2.45) is 0 Å². The lowest BCUT2D eigenvalue weighted by Crippen LogP contribution is -2.27. The van der Waals surface area contributed by atoms with Gasteiger partial charge in [-0.05, 0) is 17.9 Å². The molecule has 0 aromatic carbocycles. The molecule has 0 spiro atoms. The van der Waals surface area contributed by atoms with E-state index in [4.69, 9.17) is 11.6 Å². The Balaban J connectivity index is 2.61. The van der Waals surface area contributed by atoms with Gasteiger partial charge in [0.25, 0.3) is 5.91 Å². The third-order valence-electron chi connectivity index (χ3n) is 2.01. The molecule has 0 N–H and O–H groups in total. The Kier molecular flexibility index (Phi) is 4.42. The number of rotatable bonds is 4. The summed E-state index contributed by atoms with van der Waals surface area (Å²) in [5, 5.41) is 2.40. The molecule has 1 rings (SSSR count). The van der Waals surface area contributed by atoms with Crippen molar-refractivity contribution in [3.63, 3.8) is 0 Å². The maximum absolute atomic E-state index is 11.8. The van der Waals surface area contributed by atoms with E-state index in [2.05, 4.69) is 6.92 Å². The molecule has 0 aliphatic carbocycles. The largest absolute Gasteiger partial charge is 0.341 e. The van der Waals surface area contributed by atoms with Gasteiger partial charge in [-0.3, -0.25) is 4.79 Å². The van der Waals surface area contributed by atoms with Crippen molar-refractivity contribution >= 4 is 28.8 Å². The van der Waals surface area contributed by atoms with E-state index in [-0.39, 0.29) is 5.91 Å².